The van der Waals surface area contributed by atoms with Crippen LogP contribution in [0.15, 0.2) is 85.5 Å². The number of benzene rings is 3. The summed E-state index contributed by atoms with van der Waals surface area (Å²) in [4.78, 5) is 0. The van der Waals surface area contributed by atoms with Gasteiger partial charge in [0.1, 0.15) is 31.6 Å². The first-order chi connectivity index (χ1) is 16.5. The van der Waals surface area contributed by atoms with E-state index in [2.05, 4.69) is 32.9 Å². The van der Waals surface area contributed by atoms with Crippen molar-refractivity contribution in [1.29, 1.82) is 0 Å². The zero-order chi connectivity index (χ0) is 23.9. The lowest BCUT2D eigenvalue weighted by Crippen LogP contribution is -3.00. The molecule has 4 rings (SSSR count). The lowest BCUT2D eigenvalue weighted by Gasteiger charge is -2.19. The molecule has 1 aromatic heterocycles. The summed E-state index contributed by atoms with van der Waals surface area (Å²) >= 11 is 25.0. The number of aromatic nitrogens is 2. The monoisotopic (exact) mass is 613 g/mol. The summed E-state index contributed by atoms with van der Waals surface area (Å²) in [6, 6.07) is 21.0. The molecule has 1 unspecified atom stereocenters. The van der Waals surface area contributed by atoms with Crippen LogP contribution in [0.25, 0.3) is 0 Å². The molecule has 9 heteroatoms. The van der Waals surface area contributed by atoms with E-state index in [0.717, 1.165) is 29.9 Å². The number of anilines is 1. The van der Waals surface area contributed by atoms with Crippen molar-refractivity contribution in [3.63, 3.8) is 0 Å². The van der Waals surface area contributed by atoms with E-state index in [4.69, 9.17) is 51.1 Å². The zero-order valence-electron chi connectivity index (χ0n) is 18.7. The number of hydrogen-bond acceptors (Lipinski definition) is 2. The highest BCUT2D eigenvalue weighted by atomic mass is 79.9. The number of halogens is 5. The predicted octanol–water partition coefficient (Wildman–Crippen LogP) is 4.46. The fourth-order valence-electron chi connectivity index (χ4n) is 3.59. The smallest absolute Gasteiger partial charge is 0.243 e. The molecular formula is C26H24BrCl4N3O. The van der Waals surface area contributed by atoms with Gasteiger partial charge in [0, 0.05) is 31.3 Å². The van der Waals surface area contributed by atoms with E-state index >= 15 is 0 Å². The molecule has 4 aromatic rings. The Hall–Kier alpha value is -1.73. The highest BCUT2D eigenvalue weighted by Gasteiger charge is 2.20. The molecule has 1 N–H and O–H groups in total. The van der Waals surface area contributed by atoms with Crippen molar-refractivity contribution in [2.75, 3.05) is 11.9 Å². The number of imidazole rings is 1. The van der Waals surface area contributed by atoms with Gasteiger partial charge in [0.15, 0.2) is 0 Å². The zero-order valence-corrected chi connectivity index (χ0v) is 23.3. The molecule has 35 heavy (non-hydrogen) atoms. The second-order valence-electron chi connectivity index (χ2n) is 7.84. The highest BCUT2D eigenvalue weighted by Crippen LogP contribution is 2.31. The average Bonchev–Trinajstić information content (AvgIpc) is 3.26. The Balaban J connectivity index is 0.00000342. The maximum absolute atomic E-state index is 6.53. The van der Waals surface area contributed by atoms with E-state index in [1.165, 1.54) is 0 Å². The number of hydrogen-bond donors (Lipinski definition) is 1. The van der Waals surface area contributed by atoms with E-state index < -0.39 is 0 Å². The van der Waals surface area contributed by atoms with Crippen LogP contribution in [0.3, 0.4) is 0 Å². The second kappa shape index (κ2) is 13.5. The molecule has 4 nitrogen and oxygen atoms in total. The van der Waals surface area contributed by atoms with Crippen LogP contribution < -0.4 is 26.9 Å². The molecule has 0 aliphatic rings. The first-order valence-electron chi connectivity index (χ1n) is 10.8. The molecule has 1 heterocycles. The second-order valence-corrected chi connectivity index (χ2v) is 9.53. The summed E-state index contributed by atoms with van der Waals surface area (Å²) in [5, 5.41) is 5.72. The van der Waals surface area contributed by atoms with Gasteiger partial charge in [0.05, 0.1) is 13.2 Å². The largest absolute Gasteiger partial charge is 1.00 e. The third-order valence-electron chi connectivity index (χ3n) is 5.36. The van der Waals surface area contributed by atoms with Crippen molar-refractivity contribution in [2.24, 2.45) is 0 Å². The third-order valence-corrected chi connectivity index (χ3v) is 6.51. The van der Waals surface area contributed by atoms with Crippen LogP contribution in [0.5, 0.6) is 0 Å². The van der Waals surface area contributed by atoms with Crippen LogP contribution in [-0.4, -0.2) is 11.1 Å². The normalized spacial score (nSPS) is 11.7. The summed E-state index contributed by atoms with van der Waals surface area (Å²) in [5.74, 6) is 0. The molecule has 0 aliphatic heterocycles. The number of para-hydroxylation sites is 1. The predicted molar refractivity (Wildman–Crippen MR) is 140 cm³/mol. The van der Waals surface area contributed by atoms with Crippen LogP contribution in [-0.2, 0) is 24.4 Å². The lowest BCUT2D eigenvalue weighted by atomic mass is 10.1. The lowest BCUT2D eigenvalue weighted by molar-refractivity contribution is -0.693. The van der Waals surface area contributed by atoms with E-state index in [0.29, 0.717) is 33.2 Å². The summed E-state index contributed by atoms with van der Waals surface area (Å²) in [5.41, 5.74) is 2.83. The molecule has 0 aliphatic carbocycles. The molecule has 1 atom stereocenters. The van der Waals surface area contributed by atoms with Crippen molar-refractivity contribution in [3.05, 3.63) is 117 Å². The standard InChI is InChI=1S/C26H24Cl4N3O.BrH/c27-20-7-6-19(24(29)14-20)17-34-26(23-9-8-21(28)15-25(23)30)16-33-13-12-32(18-33)11-10-31-22-4-2-1-3-5-22;/h1-9,12-15,18,26,31H,10-11,16-17H2;1H/q+1;/p-1. The van der Waals surface area contributed by atoms with E-state index in [1.54, 1.807) is 18.2 Å². The molecule has 184 valence electrons. The van der Waals surface area contributed by atoms with Crippen LogP contribution in [0.4, 0.5) is 5.69 Å². The number of nitrogens with zero attached hydrogens (tertiary/aromatic N) is 2. The van der Waals surface area contributed by atoms with Crippen molar-refractivity contribution in [2.45, 2.75) is 25.8 Å². The molecular weight excluding hydrogens is 592 g/mol. The van der Waals surface area contributed by atoms with E-state index in [1.807, 2.05) is 48.8 Å². The number of ether oxygens (including phenoxy) is 1. The minimum atomic E-state index is -0.306. The quantitative estimate of drug-likeness (QED) is 0.267. The van der Waals surface area contributed by atoms with Crippen molar-refractivity contribution >= 4 is 52.1 Å². The highest BCUT2D eigenvalue weighted by molar-refractivity contribution is 6.35. The van der Waals surface area contributed by atoms with Crippen molar-refractivity contribution in [1.82, 2.24) is 4.57 Å². The van der Waals surface area contributed by atoms with Gasteiger partial charge < -0.3 is 27.0 Å². The minimum Gasteiger partial charge on any atom is -1.00 e. The van der Waals surface area contributed by atoms with Crippen LogP contribution >= 0.6 is 46.4 Å². The topological polar surface area (TPSA) is 30.1 Å². The maximum Gasteiger partial charge on any atom is 0.243 e. The van der Waals surface area contributed by atoms with Crippen molar-refractivity contribution < 1.29 is 26.3 Å². The maximum atomic E-state index is 6.53. The fourth-order valence-corrected chi connectivity index (χ4v) is 4.58. The van der Waals surface area contributed by atoms with Crippen LogP contribution in [0.2, 0.25) is 20.1 Å². The fraction of sp³-hybridized carbons (Fsp3) is 0.192. The Labute approximate surface area is 236 Å². The molecule has 0 spiro atoms. The minimum absolute atomic E-state index is 0. The molecule has 0 amide bonds. The number of rotatable bonds is 10. The van der Waals surface area contributed by atoms with Gasteiger partial charge in [0.2, 0.25) is 6.33 Å². The van der Waals surface area contributed by atoms with Gasteiger partial charge in [-0.3, -0.25) is 0 Å². The van der Waals surface area contributed by atoms with Gasteiger partial charge >= 0.3 is 0 Å². The molecule has 0 radical (unpaired) electrons. The summed E-state index contributed by atoms with van der Waals surface area (Å²) < 4.78 is 10.5. The van der Waals surface area contributed by atoms with E-state index in [-0.39, 0.29) is 23.1 Å². The molecule has 3 aromatic carbocycles. The molecule has 0 saturated carbocycles. The Morgan fingerprint density at radius 1 is 0.886 bits per heavy atom. The molecule has 0 saturated heterocycles. The van der Waals surface area contributed by atoms with Gasteiger partial charge in [-0.1, -0.05) is 76.7 Å². The van der Waals surface area contributed by atoms with Gasteiger partial charge in [-0.15, -0.1) is 0 Å². The summed E-state index contributed by atoms with van der Waals surface area (Å²) in [6.07, 6.45) is 5.82. The molecule has 0 fully saturated rings. The van der Waals surface area contributed by atoms with Crippen LogP contribution in [0.1, 0.15) is 17.2 Å². The first-order valence-corrected chi connectivity index (χ1v) is 12.3. The molecule has 0 bridgehead atoms. The summed E-state index contributed by atoms with van der Waals surface area (Å²) in [6.45, 7) is 2.54. The Morgan fingerprint density at radius 2 is 1.60 bits per heavy atom. The van der Waals surface area contributed by atoms with Gasteiger partial charge in [0.25, 0.3) is 0 Å². The SMILES string of the molecule is Clc1ccc(COC(Cn2cc[n+](CCNc3ccccc3)c2)c2ccc(Cl)cc2Cl)c(Cl)c1.[Br-]. The third kappa shape index (κ3) is 8.14. The first kappa shape index (κ1) is 27.9. The van der Waals surface area contributed by atoms with Crippen molar-refractivity contribution in [3.8, 4) is 0 Å². The average molecular weight is 616 g/mol. The Kier molecular flexibility index (Phi) is 10.8. The Morgan fingerprint density at radius 3 is 2.31 bits per heavy atom. The Bertz CT molecular complexity index is 1240. The van der Waals surface area contributed by atoms with Gasteiger partial charge in [-0.05, 0) is 42.0 Å². The van der Waals surface area contributed by atoms with Crippen LogP contribution in [0, 0.1) is 0 Å². The van der Waals surface area contributed by atoms with Gasteiger partial charge in [-0.25, -0.2) is 9.13 Å². The van der Waals surface area contributed by atoms with E-state index in [9.17, 15) is 0 Å². The number of nitrogens with one attached hydrogen (secondary N) is 1. The van der Waals surface area contributed by atoms with Gasteiger partial charge in [-0.2, -0.15) is 0 Å². The summed E-state index contributed by atoms with van der Waals surface area (Å²) in [7, 11) is 0.